The minimum absolute atomic E-state index is 0.435. The fraction of sp³-hybridized carbons (Fsp3) is 0.368. The fourth-order valence-corrected chi connectivity index (χ4v) is 3.68. The molecule has 1 unspecified atom stereocenters. The average Bonchev–Trinajstić information content (AvgIpc) is 2.48. The molecule has 2 heteroatoms. The molecule has 0 fully saturated rings. The Bertz CT molecular complexity index is 592. The molecule has 0 bridgehead atoms. The molecule has 0 aromatic heterocycles. The summed E-state index contributed by atoms with van der Waals surface area (Å²) in [5.74, 6) is 0. The van der Waals surface area contributed by atoms with E-state index < -0.39 is 0 Å². The van der Waals surface area contributed by atoms with Gasteiger partial charge in [0.05, 0.1) is 0 Å². The van der Waals surface area contributed by atoms with Crippen LogP contribution in [0.2, 0.25) is 0 Å². The Labute approximate surface area is 133 Å². The van der Waals surface area contributed by atoms with Crippen molar-refractivity contribution >= 4 is 11.8 Å². The molecule has 112 valence electrons. The molecule has 0 heterocycles. The summed E-state index contributed by atoms with van der Waals surface area (Å²) in [6, 6.07) is 15.9. The lowest BCUT2D eigenvalue weighted by Crippen LogP contribution is -2.20. The van der Waals surface area contributed by atoms with Crippen LogP contribution in [0.4, 0.5) is 0 Å². The Morgan fingerprint density at radius 2 is 1.76 bits per heavy atom. The van der Waals surface area contributed by atoms with Crippen molar-refractivity contribution in [1.29, 1.82) is 0 Å². The third-order valence-electron chi connectivity index (χ3n) is 3.70. The molecule has 1 nitrogen and oxygen atoms in total. The van der Waals surface area contributed by atoms with Crippen LogP contribution in [0.1, 0.15) is 43.0 Å². The van der Waals surface area contributed by atoms with Gasteiger partial charge in [0.25, 0.3) is 0 Å². The summed E-state index contributed by atoms with van der Waals surface area (Å²) in [7, 11) is 0. The van der Waals surface area contributed by atoms with E-state index in [1.54, 1.807) is 0 Å². The van der Waals surface area contributed by atoms with Gasteiger partial charge < -0.3 is 5.32 Å². The van der Waals surface area contributed by atoms with Crippen LogP contribution in [0.15, 0.2) is 52.3 Å². The monoisotopic (exact) mass is 299 g/mol. The highest BCUT2D eigenvalue weighted by molar-refractivity contribution is 7.99. The van der Waals surface area contributed by atoms with E-state index in [1.165, 1.54) is 26.5 Å². The van der Waals surface area contributed by atoms with Gasteiger partial charge in [0.2, 0.25) is 0 Å². The van der Waals surface area contributed by atoms with Crippen LogP contribution < -0.4 is 5.32 Å². The highest BCUT2D eigenvalue weighted by Crippen LogP contribution is 2.35. The second-order valence-electron chi connectivity index (χ2n) is 5.43. The zero-order valence-electron chi connectivity index (χ0n) is 13.4. The van der Waals surface area contributed by atoms with Gasteiger partial charge in [-0.05, 0) is 50.1 Å². The average molecular weight is 299 g/mol. The molecule has 0 saturated heterocycles. The standard InChI is InChI=1S/C19H25NS/c1-5-17(20-6-2)16-9-7-8-10-19(16)21-18-12-11-14(3)13-15(18)4/h7-13,17,20H,5-6H2,1-4H3. The molecule has 0 aliphatic carbocycles. The highest BCUT2D eigenvalue weighted by Gasteiger charge is 2.13. The van der Waals surface area contributed by atoms with E-state index in [0.29, 0.717) is 6.04 Å². The molecule has 0 aliphatic rings. The van der Waals surface area contributed by atoms with Crippen molar-refractivity contribution in [3.63, 3.8) is 0 Å². The minimum atomic E-state index is 0.435. The predicted molar refractivity (Wildman–Crippen MR) is 93.2 cm³/mol. The van der Waals surface area contributed by atoms with Crippen molar-refractivity contribution in [3.05, 3.63) is 59.2 Å². The molecule has 0 amide bonds. The highest BCUT2D eigenvalue weighted by atomic mass is 32.2. The van der Waals surface area contributed by atoms with E-state index in [9.17, 15) is 0 Å². The SMILES string of the molecule is CCNC(CC)c1ccccc1Sc1ccc(C)cc1C. The van der Waals surface area contributed by atoms with Crippen LogP contribution in [0.5, 0.6) is 0 Å². The molecule has 0 radical (unpaired) electrons. The largest absolute Gasteiger partial charge is 0.310 e. The fourth-order valence-electron chi connectivity index (χ4n) is 2.61. The predicted octanol–water partition coefficient (Wildman–Crippen LogP) is 5.52. The Morgan fingerprint density at radius 3 is 2.43 bits per heavy atom. The molecule has 21 heavy (non-hydrogen) atoms. The van der Waals surface area contributed by atoms with Crippen molar-refractivity contribution in [2.24, 2.45) is 0 Å². The molecule has 2 rings (SSSR count). The smallest absolute Gasteiger partial charge is 0.0328 e. The lowest BCUT2D eigenvalue weighted by Gasteiger charge is -2.20. The molecule has 0 saturated carbocycles. The van der Waals surface area contributed by atoms with E-state index in [2.05, 4.69) is 75.5 Å². The molecule has 1 atom stereocenters. The quantitative estimate of drug-likeness (QED) is 0.754. The van der Waals surface area contributed by atoms with E-state index in [1.807, 2.05) is 11.8 Å². The van der Waals surface area contributed by atoms with Crippen molar-refractivity contribution in [1.82, 2.24) is 5.32 Å². The van der Waals surface area contributed by atoms with Gasteiger partial charge in [-0.25, -0.2) is 0 Å². The zero-order chi connectivity index (χ0) is 15.2. The van der Waals surface area contributed by atoms with Gasteiger partial charge in [0.1, 0.15) is 0 Å². The van der Waals surface area contributed by atoms with Gasteiger partial charge >= 0.3 is 0 Å². The number of hydrogen-bond donors (Lipinski definition) is 1. The normalized spacial score (nSPS) is 12.4. The van der Waals surface area contributed by atoms with Crippen LogP contribution >= 0.6 is 11.8 Å². The van der Waals surface area contributed by atoms with Crippen molar-refractivity contribution in [2.75, 3.05) is 6.54 Å². The van der Waals surface area contributed by atoms with Gasteiger partial charge in [-0.3, -0.25) is 0 Å². The van der Waals surface area contributed by atoms with Gasteiger partial charge in [0.15, 0.2) is 0 Å². The molecule has 2 aromatic carbocycles. The summed E-state index contributed by atoms with van der Waals surface area (Å²) >= 11 is 1.88. The van der Waals surface area contributed by atoms with Crippen molar-refractivity contribution in [2.45, 2.75) is 49.9 Å². The summed E-state index contributed by atoms with van der Waals surface area (Å²) in [5, 5.41) is 3.59. The number of nitrogens with one attached hydrogen (secondary N) is 1. The Kier molecular flexibility index (Phi) is 5.89. The molecule has 1 N–H and O–H groups in total. The molecule has 0 aliphatic heterocycles. The van der Waals surface area contributed by atoms with Gasteiger partial charge in [-0.1, -0.05) is 61.5 Å². The number of benzene rings is 2. The van der Waals surface area contributed by atoms with Crippen LogP contribution in [-0.4, -0.2) is 6.54 Å². The maximum Gasteiger partial charge on any atom is 0.0328 e. The summed E-state index contributed by atoms with van der Waals surface area (Å²) in [5.41, 5.74) is 4.09. The van der Waals surface area contributed by atoms with Gasteiger partial charge in [-0.15, -0.1) is 0 Å². The Balaban J connectivity index is 2.31. The summed E-state index contributed by atoms with van der Waals surface area (Å²) in [6.45, 7) is 9.75. The Hall–Kier alpha value is -1.25. The third-order valence-corrected chi connectivity index (χ3v) is 4.97. The van der Waals surface area contributed by atoms with Gasteiger partial charge in [0, 0.05) is 15.8 Å². The number of hydrogen-bond acceptors (Lipinski definition) is 2. The number of rotatable bonds is 6. The zero-order valence-corrected chi connectivity index (χ0v) is 14.3. The maximum absolute atomic E-state index is 3.59. The lowest BCUT2D eigenvalue weighted by molar-refractivity contribution is 0.530. The second kappa shape index (κ2) is 7.67. The van der Waals surface area contributed by atoms with Crippen LogP contribution in [0.25, 0.3) is 0 Å². The van der Waals surface area contributed by atoms with Crippen molar-refractivity contribution in [3.8, 4) is 0 Å². The van der Waals surface area contributed by atoms with Gasteiger partial charge in [-0.2, -0.15) is 0 Å². The molecule has 2 aromatic rings. The van der Waals surface area contributed by atoms with E-state index >= 15 is 0 Å². The Morgan fingerprint density at radius 1 is 1.00 bits per heavy atom. The second-order valence-corrected chi connectivity index (χ2v) is 6.51. The third kappa shape index (κ3) is 4.12. The molecular formula is C19H25NS. The first kappa shape index (κ1) is 16.1. The first-order chi connectivity index (χ1) is 10.2. The summed E-state index contributed by atoms with van der Waals surface area (Å²) in [4.78, 5) is 2.71. The van der Waals surface area contributed by atoms with E-state index in [4.69, 9.17) is 0 Å². The van der Waals surface area contributed by atoms with Crippen LogP contribution in [0.3, 0.4) is 0 Å². The van der Waals surface area contributed by atoms with Crippen LogP contribution in [0, 0.1) is 13.8 Å². The summed E-state index contributed by atoms with van der Waals surface area (Å²) < 4.78 is 0. The van der Waals surface area contributed by atoms with Crippen LogP contribution in [-0.2, 0) is 0 Å². The molecule has 0 spiro atoms. The topological polar surface area (TPSA) is 12.0 Å². The minimum Gasteiger partial charge on any atom is -0.310 e. The van der Waals surface area contributed by atoms with Crippen molar-refractivity contribution < 1.29 is 0 Å². The first-order valence-electron chi connectivity index (χ1n) is 7.73. The lowest BCUT2D eigenvalue weighted by atomic mass is 10.0. The number of aryl methyl sites for hydroxylation is 2. The molecular weight excluding hydrogens is 274 g/mol. The first-order valence-corrected chi connectivity index (χ1v) is 8.54. The van der Waals surface area contributed by atoms with E-state index in [-0.39, 0.29) is 0 Å². The maximum atomic E-state index is 3.59. The summed E-state index contributed by atoms with van der Waals surface area (Å²) in [6.07, 6.45) is 1.11. The van der Waals surface area contributed by atoms with E-state index in [0.717, 1.165) is 13.0 Å².